The molecule has 3 aromatic heterocycles. The first-order valence-corrected chi connectivity index (χ1v) is 12.1. The molecule has 1 fully saturated rings. The van der Waals surface area contributed by atoms with Crippen LogP contribution in [0.3, 0.4) is 0 Å². The number of aromatic nitrogens is 3. The van der Waals surface area contributed by atoms with E-state index in [4.69, 9.17) is 19.4 Å². The quantitative estimate of drug-likeness (QED) is 0.384. The zero-order chi connectivity index (χ0) is 24.2. The number of aliphatic carboxylic acids is 1. The lowest BCUT2D eigenvalue weighted by Gasteiger charge is -2.29. The molecule has 3 aromatic rings. The highest BCUT2D eigenvalue weighted by atomic mass is 32.1. The second-order valence-corrected chi connectivity index (χ2v) is 9.30. The van der Waals surface area contributed by atoms with E-state index in [1.807, 2.05) is 17.0 Å². The van der Waals surface area contributed by atoms with Crippen LogP contribution in [0.2, 0.25) is 0 Å². The number of methoxy groups -OCH3 is 1. The van der Waals surface area contributed by atoms with Crippen molar-refractivity contribution in [1.82, 2.24) is 14.4 Å². The Balaban J connectivity index is 1.72. The van der Waals surface area contributed by atoms with Gasteiger partial charge in [-0.05, 0) is 30.0 Å². The summed E-state index contributed by atoms with van der Waals surface area (Å²) < 4.78 is 11.8. The first-order valence-electron chi connectivity index (χ1n) is 11.2. The number of fused-ring (bicyclic) bond motifs is 1. The Morgan fingerprint density at radius 3 is 2.71 bits per heavy atom. The van der Waals surface area contributed by atoms with E-state index < -0.39 is 5.97 Å². The molecule has 9 nitrogen and oxygen atoms in total. The van der Waals surface area contributed by atoms with Crippen LogP contribution in [-0.2, 0) is 27.1 Å². The summed E-state index contributed by atoms with van der Waals surface area (Å²) in [7, 11) is 1.26. The van der Waals surface area contributed by atoms with Crippen LogP contribution in [0, 0.1) is 0 Å². The number of carbonyl (C=O) groups is 1. The number of nitrogens with zero attached hydrogens (tertiary/aromatic N) is 4. The molecule has 0 bridgehead atoms. The number of thiazole rings is 1. The Kier molecular flexibility index (Phi) is 7.28. The van der Waals surface area contributed by atoms with Crippen molar-refractivity contribution in [3.05, 3.63) is 61.7 Å². The minimum Gasteiger partial charge on any atom is -0.490 e. The van der Waals surface area contributed by atoms with Gasteiger partial charge in [-0.25, -0.2) is 14.8 Å². The molecule has 0 aliphatic carbocycles. The van der Waals surface area contributed by atoms with Gasteiger partial charge in [0.15, 0.2) is 0 Å². The van der Waals surface area contributed by atoms with Crippen LogP contribution in [0.5, 0.6) is 0 Å². The second kappa shape index (κ2) is 10.4. The van der Waals surface area contributed by atoms with Crippen LogP contribution in [0.15, 0.2) is 34.3 Å². The van der Waals surface area contributed by atoms with E-state index in [1.165, 1.54) is 17.6 Å². The summed E-state index contributed by atoms with van der Waals surface area (Å²) in [6.45, 7) is 6.39. The average molecular weight is 485 g/mol. The molecular formula is C24H28N4O5S. The molecule has 0 saturated carbocycles. The normalized spacial score (nSPS) is 14.7. The first kappa shape index (κ1) is 23.9. The van der Waals surface area contributed by atoms with Gasteiger partial charge in [0.1, 0.15) is 11.5 Å². The predicted molar refractivity (Wildman–Crippen MR) is 131 cm³/mol. The Morgan fingerprint density at radius 1 is 1.29 bits per heavy atom. The Labute approximate surface area is 201 Å². The lowest BCUT2D eigenvalue weighted by atomic mass is 10.1. The molecule has 0 unspecified atom stereocenters. The van der Waals surface area contributed by atoms with Crippen LogP contribution in [0.1, 0.15) is 41.6 Å². The zero-order valence-electron chi connectivity index (χ0n) is 19.5. The van der Waals surface area contributed by atoms with Gasteiger partial charge in [-0.2, -0.15) is 0 Å². The summed E-state index contributed by atoms with van der Waals surface area (Å²) in [5.74, 6) is -0.738. The maximum Gasteiger partial charge on any atom is 0.371 e. The lowest BCUT2D eigenvalue weighted by molar-refractivity contribution is -0.135. The molecule has 10 heteroatoms. The standard InChI is InChI=1S/C24H28N4O5S/c1-15(2)18-14-34-21(25-18)5-4-16-6-7-28-20(12-16)26-22(27-8-10-33-11-9-27)17(23(28)29)13-19(32-3)24(30)31/h6-7,12-15H,4-5,8-11H2,1-3H3,(H,30,31)/b19-13-. The van der Waals surface area contributed by atoms with Crippen LogP contribution >= 0.6 is 11.3 Å². The Morgan fingerprint density at radius 2 is 2.06 bits per heavy atom. The molecule has 1 saturated heterocycles. The fraction of sp³-hybridized carbons (Fsp3) is 0.417. The highest BCUT2D eigenvalue weighted by Crippen LogP contribution is 2.22. The van der Waals surface area contributed by atoms with Crippen molar-refractivity contribution in [1.29, 1.82) is 0 Å². The van der Waals surface area contributed by atoms with Crippen molar-refractivity contribution < 1.29 is 19.4 Å². The molecule has 1 aliphatic rings. The summed E-state index contributed by atoms with van der Waals surface area (Å²) in [5.41, 5.74) is 2.50. The number of rotatable bonds is 8. The third kappa shape index (κ3) is 5.13. The third-order valence-electron chi connectivity index (χ3n) is 5.71. The average Bonchev–Trinajstić information content (AvgIpc) is 3.32. The molecule has 0 atom stereocenters. The first-order chi connectivity index (χ1) is 16.4. The molecule has 4 rings (SSSR count). The molecule has 4 heterocycles. The van der Waals surface area contributed by atoms with Crippen LogP contribution in [0.4, 0.5) is 5.82 Å². The van der Waals surface area contributed by atoms with Gasteiger partial charge in [-0.3, -0.25) is 9.20 Å². The summed E-state index contributed by atoms with van der Waals surface area (Å²) in [5, 5.41) is 12.6. The topological polar surface area (TPSA) is 106 Å². The molecule has 180 valence electrons. The van der Waals surface area contributed by atoms with Gasteiger partial charge in [0, 0.05) is 37.2 Å². The van der Waals surface area contributed by atoms with E-state index >= 15 is 0 Å². The number of carboxylic acid groups (broad SMARTS) is 1. The van der Waals surface area contributed by atoms with Crippen LogP contribution < -0.4 is 10.5 Å². The van der Waals surface area contributed by atoms with E-state index in [-0.39, 0.29) is 16.9 Å². The van der Waals surface area contributed by atoms with E-state index in [9.17, 15) is 14.7 Å². The molecule has 0 aromatic carbocycles. The van der Waals surface area contributed by atoms with Gasteiger partial charge >= 0.3 is 5.97 Å². The second-order valence-electron chi connectivity index (χ2n) is 8.36. The number of hydrogen-bond acceptors (Lipinski definition) is 8. The van der Waals surface area contributed by atoms with Crippen molar-refractivity contribution in [2.75, 3.05) is 38.3 Å². The molecule has 0 spiro atoms. The van der Waals surface area contributed by atoms with Gasteiger partial charge in [-0.15, -0.1) is 11.3 Å². The van der Waals surface area contributed by atoms with Gasteiger partial charge in [-0.1, -0.05) is 13.8 Å². The summed E-state index contributed by atoms with van der Waals surface area (Å²) >= 11 is 1.67. The summed E-state index contributed by atoms with van der Waals surface area (Å²) in [4.78, 5) is 36.3. The van der Waals surface area contributed by atoms with Gasteiger partial charge < -0.3 is 19.5 Å². The van der Waals surface area contributed by atoms with Gasteiger partial charge in [0.05, 0.1) is 36.6 Å². The fourth-order valence-electron chi connectivity index (χ4n) is 3.78. The van der Waals surface area contributed by atoms with Crippen molar-refractivity contribution in [2.45, 2.75) is 32.6 Å². The molecule has 1 N–H and O–H groups in total. The van der Waals surface area contributed by atoms with E-state index in [0.717, 1.165) is 29.1 Å². The molecule has 0 amide bonds. The predicted octanol–water partition coefficient (Wildman–Crippen LogP) is 2.97. The maximum absolute atomic E-state index is 13.4. The third-order valence-corrected chi connectivity index (χ3v) is 6.64. The summed E-state index contributed by atoms with van der Waals surface area (Å²) in [6, 6.07) is 3.80. The lowest BCUT2D eigenvalue weighted by Crippen LogP contribution is -2.38. The van der Waals surface area contributed by atoms with Crippen molar-refractivity contribution in [3.63, 3.8) is 0 Å². The number of pyridine rings is 1. The highest BCUT2D eigenvalue weighted by molar-refractivity contribution is 7.09. The van der Waals surface area contributed by atoms with E-state index in [1.54, 1.807) is 17.5 Å². The summed E-state index contributed by atoms with van der Waals surface area (Å²) in [6.07, 6.45) is 4.52. The minimum atomic E-state index is -1.25. The van der Waals surface area contributed by atoms with Crippen LogP contribution in [0.25, 0.3) is 11.7 Å². The van der Waals surface area contributed by atoms with Gasteiger partial charge in [0.2, 0.25) is 5.76 Å². The van der Waals surface area contributed by atoms with Crippen molar-refractivity contribution in [3.8, 4) is 0 Å². The Hall–Kier alpha value is -3.24. The largest absolute Gasteiger partial charge is 0.490 e. The fourth-order valence-corrected chi connectivity index (χ4v) is 4.74. The molecule has 34 heavy (non-hydrogen) atoms. The maximum atomic E-state index is 13.4. The number of anilines is 1. The highest BCUT2D eigenvalue weighted by Gasteiger charge is 2.21. The smallest absolute Gasteiger partial charge is 0.371 e. The van der Waals surface area contributed by atoms with Crippen LogP contribution in [-0.4, -0.2) is 58.9 Å². The van der Waals surface area contributed by atoms with E-state index in [0.29, 0.717) is 43.7 Å². The zero-order valence-corrected chi connectivity index (χ0v) is 20.3. The SMILES string of the molecule is CO/C(=C\c1c(N2CCOCC2)nc2cc(CCc3nc(C(C)C)cs3)ccn2c1=O)C(=O)O. The van der Waals surface area contributed by atoms with Crippen molar-refractivity contribution in [2.24, 2.45) is 0 Å². The van der Waals surface area contributed by atoms with Gasteiger partial charge in [0.25, 0.3) is 5.56 Å². The van der Waals surface area contributed by atoms with E-state index in [2.05, 4.69) is 19.2 Å². The number of hydrogen-bond donors (Lipinski definition) is 1. The number of morpholine rings is 1. The minimum absolute atomic E-state index is 0.176. The monoisotopic (exact) mass is 484 g/mol. The number of aryl methyl sites for hydroxylation is 2. The Bertz CT molecular complexity index is 1270. The number of ether oxygens (including phenoxy) is 2. The van der Waals surface area contributed by atoms with Crippen molar-refractivity contribution >= 4 is 34.8 Å². The molecule has 1 aliphatic heterocycles. The number of carboxylic acids is 1. The molecular weight excluding hydrogens is 456 g/mol. The molecule has 0 radical (unpaired) electrons.